The van der Waals surface area contributed by atoms with Gasteiger partial charge in [-0.25, -0.2) is 0 Å². The van der Waals surface area contributed by atoms with Crippen LogP contribution in [0.2, 0.25) is 0 Å². The van der Waals surface area contributed by atoms with Gasteiger partial charge < -0.3 is 28.8 Å². The van der Waals surface area contributed by atoms with Crippen LogP contribution in [-0.2, 0) is 18.4 Å². The van der Waals surface area contributed by atoms with E-state index in [0.717, 1.165) is 44.9 Å². The number of allylic oxidation sites excluding steroid dienone is 4. The molecule has 1 amide bonds. The van der Waals surface area contributed by atoms with E-state index in [1.807, 2.05) is 21.1 Å². The number of aliphatic hydroxyl groups excluding tert-OH is 1. The van der Waals surface area contributed by atoms with Crippen LogP contribution in [0.5, 0.6) is 0 Å². The minimum atomic E-state index is -4.57. The number of quaternary nitrogens is 1. The third kappa shape index (κ3) is 62.4. The van der Waals surface area contributed by atoms with Gasteiger partial charge in [0.1, 0.15) is 13.2 Å². The third-order valence-electron chi connectivity index (χ3n) is 15.9. The van der Waals surface area contributed by atoms with Gasteiger partial charge in [0, 0.05) is 6.42 Å². The Morgan fingerprint density at radius 1 is 0.455 bits per heavy atom. The van der Waals surface area contributed by atoms with Crippen molar-refractivity contribution in [3.63, 3.8) is 0 Å². The second kappa shape index (κ2) is 59.6. The molecule has 3 atom stereocenters. The van der Waals surface area contributed by atoms with Gasteiger partial charge >= 0.3 is 0 Å². The highest BCUT2D eigenvalue weighted by Gasteiger charge is 2.24. The lowest BCUT2D eigenvalue weighted by atomic mass is 10.0. The van der Waals surface area contributed by atoms with Gasteiger partial charge in [0.2, 0.25) is 5.91 Å². The molecule has 0 rings (SSSR count). The molecule has 458 valence electrons. The van der Waals surface area contributed by atoms with Gasteiger partial charge in [-0.15, -0.1) is 0 Å². The maximum absolute atomic E-state index is 13.0. The van der Waals surface area contributed by atoms with Gasteiger partial charge in [-0.2, -0.15) is 0 Å². The first-order valence-corrected chi connectivity index (χ1v) is 35.6. The van der Waals surface area contributed by atoms with E-state index in [1.54, 1.807) is 0 Å². The monoisotopic (exact) mass is 1110 g/mol. The van der Waals surface area contributed by atoms with Crippen LogP contribution in [0.4, 0.5) is 0 Å². The van der Waals surface area contributed by atoms with E-state index in [4.69, 9.17) is 9.05 Å². The van der Waals surface area contributed by atoms with E-state index in [2.05, 4.69) is 43.5 Å². The Labute approximate surface area is 481 Å². The van der Waals surface area contributed by atoms with Crippen molar-refractivity contribution in [2.45, 2.75) is 366 Å². The summed E-state index contributed by atoms with van der Waals surface area (Å²) in [4.78, 5) is 25.6. The number of phosphoric acid groups is 1. The van der Waals surface area contributed by atoms with Crippen LogP contribution in [0.15, 0.2) is 24.3 Å². The molecule has 0 aliphatic rings. The predicted octanol–water partition coefficient (Wildman–Crippen LogP) is 20.9. The highest BCUT2D eigenvalue weighted by atomic mass is 31.2. The largest absolute Gasteiger partial charge is 0.756 e. The smallest absolute Gasteiger partial charge is 0.268 e. The van der Waals surface area contributed by atoms with Crippen molar-refractivity contribution in [2.24, 2.45) is 0 Å². The highest BCUT2D eigenvalue weighted by molar-refractivity contribution is 7.45. The van der Waals surface area contributed by atoms with Crippen LogP contribution in [0.25, 0.3) is 0 Å². The van der Waals surface area contributed by atoms with Crippen molar-refractivity contribution >= 4 is 13.7 Å². The summed E-state index contributed by atoms with van der Waals surface area (Å²) < 4.78 is 23.5. The lowest BCUT2D eigenvalue weighted by Crippen LogP contribution is -2.46. The van der Waals surface area contributed by atoms with Crippen LogP contribution in [0.3, 0.4) is 0 Å². The standard InChI is InChI=1S/C68H135N2O6P/c1-6-8-10-12-14-16-18-20-22-24-26-27-28-29-30-31-32-33-34-35-36-37-38-39-40-41-42-43-44-46-48-50-52-54-56-58-60-62-68(72)69-66(65-76-77(73,74)75-64-63-70(3,4)5)67(71)61-59-57-55-53-51-49-47-45-25-23-21-19-17-15-13-11-9-7-2/h18,20,24,26,66-67,71H,6-17,19,21-23,25,27-65H2,1-5H3,(H-,69,72,73,74)/b20-18-,26-24-. The minimum absolute atomic E-state index is 0.0154. The fraction of sp³-hybridized carbons (Fsp3) is 0.926. The van der Waals surface area contributed by atoms with Crippen LogP contribution in [0, 0.1) is 0 Å². The Hall–Kier alpha value is -1.02. The second-order valence-corrected chi connectivity index (χ2v) is 26.3. The molecule has 3 unspecified atom stereocenters. The third-order valence-corrected chi connectivity index (χ3v) is 16.9. The average Bonchev–Trinajstić information content (AvgIpc) is 3.39. The summed E-state index contributed by atoms with van der Waals surface area (Å²) >= 11 is 0. The Balaban J connectivity index is 3.91. The summed E-state index contributed by atoms with van der Waals surface area (Å²) in [6, 6.07) is -0.798. The van der Waals surface area contributed by atoms with Gasteiger partial charge in [0.15, 0.2) is 0 Å². The molecule has 0 aliphatic carbocycles. The van der Waals surface area contributed by atoms with E-state index < -0.39 is 20.0 Å². The van der Waals surface area contributed by atoms with Crippen molar-refractivity contribution in [1.29, 1.82) is 0 Å². The zero-order chi connectivity index (χ0) is 56.3. The fourth-order valence-electron chi connectivity index (χ4n) is 10.6. The molecular formula is C68H135N2O6P. The number of carbonyl (C=O) groups excluding carboxylic acids is 1. The lowest BCUT2D eigenvalue weighted by molar-refractivity contribution is -0.870. The first kappa shape index (κ1) is 76.0. The number of likely N-dealkylation sites (N-methyl/N-ethyl adjacent to an activating group) is 1. The van der Waals surface area contributed by atoms with E-state index in [1.165, 1.54) is 283 Å². The second-order valence-electron chi connectivity index (χ2n) is 24.9. The average molecular weight is 1110 g/mol. The molecular weight excluding hydrogens is 972 g/mol. The maximum Gasteiger partial charge on any atom is 0.268 e. The molecule has 2 N–H and O–H groups in total. The van der Waals surface area contributed by atoms with Gasteiger partial charge in [-0.05, 0) is 44.9 Å². The van der Waals surface area contributed by atoms with Gasteiger partial charge in [0.05, 0.1) is 39.9 Å². The molecule has 0 aromatic carbocycles. The summed E-state index contributed by atoms with van der Waals surface area (Å²) in [6.45, 7) is 4.77. The quantitative estimate of drug-likeness (QED) is 0.0272. The number of aliphatic hydroxyl groups is 1. The predicted molar refractivity (Wildman–Crippen MR) is 335 cm³/mol. The molecule has 0 saturated carbocycles. The van der Waals surface area contributed by atoms with Crippen molar-refractivity contribution in [1.82, 2.24) is 5.32 Å². The lowest BCUT2D eigenvalue weighted by Gasteiger charge is -2.30. The number of hydrogen-bond donors (Lipinski definition) is 2. The molecule has 0 saturated heterocycles. The Morgan fingerprint density at radius 3 is 1.08 bits per heavy atom. The summed E-state index contributed by atoms with van der Waals surface area (Å²) in [7, 11) is 1.32. The van der Waals surface area contributed by atoms with E-state index in [-0.39, 0.29) is 19.1 Å². The number of hydrogen-bond acceptors (Lipinski definition) is 6. The summed E-state index contributed by atoms with van der Waals surface area (Å²) in [5.41, 5.74) is 0. The molecule has 0 bridgehead atoms. The van der Waals surface area contributed by atoms with Crippen LogP contribution < -0.4 is 10.2 Å². The zero-order valence-corrected chi connectivity index (χ0v) is 53.3. The number of nitrogens with one attached hydrogen (secondary N) is 1. The Kier molecular flexibility index (Phi) is 58.8. The molecule has 0 aromatic rings. The minimum Gasteiger partial charge on any atom is -0.756 e. The van der Waals surface area contributed by atoms with E-state index in [0.29, 0.717) is 23.9 Å². The molecule has 8 nitrogen and oxygen atoms in total. The summed E-state index contributed by atoms with van der Waals surface area (Å²) in [5.74, 6) is -0.156. The maximum atomic E-state index is 13.0. The van der Waals surface area contributed by atoms with Crippen molar-refractivity contribution in [3.8, 4) is 0 Å². The normalized spacial score (nSPS) is 13.8. The molecule has 77 heavy (non-hydrogen) atoms. The summed E-state index contributed by atoms with van der Waals surface area (Å²) in [6.07, 6.45) is 76.8. The van der Waals surface area contributed by atoms with Crippen LogP contribution in [0.1, 0.15) is 354 Å². The molecule has 0 fully saturated rings. The summed E-state index contributed by atoms with van der Waals surface area (Å²) in [5, 5.41) is 14.1. The van der Waals surface area contributed by atoms with Crippen LogP contribution in [-0.4, -0.2) is 68.5 Å². The van der Waals surface area contributed by atoms with Crippen molar-refractivity contribution < 1.29 is 32.9 Å². The molecule has 0 aliphatic heterocycles. The highest BCUT2D eigenvalue weighted by Crippen LogP contribution is 2.38. The number of phosphoric ester groups is 1. The fourth-order valence-corrected chi connectivity index (χ4v) is 11.3. The number of carbonyl (C=O) groups is 1. The Bertz CT molecular complexity index is 1300. The number of rotatable bonds is 64. The Morgan fingerprint density at radius 2 is 0.753 bits per heavy atom. The first-order chi connectivity index (χ1) is 37.5. The molecule has 0 aromatic heterocycles. The molecule has 0 radical (unpaired) electrons. The topological polar surface area (TPSA) is 108 Å². The van der Waals surface area contributed by atoms with E-state index >= 15 is 0 Å². The zero-order valence-electron chi connectivity index (χ0n) is 52.4. The van der Waals surface area contributed by atoms with Crippen LogP contribution >= 0.6 is 7.82 Å². The van der Waals surface area contributed by atoms with Gasteiger partial charge in [-0.3, -0.25) is 9.36 Å². The number of nitrogens with zero attached hydrogens (tertiary/aromatic N) is 1. The number of unbranched alkanes of at least 4 members (excludes halogenated alkanes) is 47. The first-order valence-electron chi connectivity index (χ1n) is 34.2. The SMILES string of the molecule is CCCCCCC/C=C\C/C=C\CCCCCCCCCCCCCCCCCCCCCCCCCCCC(=O)NC(COP(=O)([O-])OCC[N+](C)(C)C)C(O)CCCCCCCCCCCCCCCCCCCC. The van der Waals surface area contributed by atoms with Gasteiger partial charge in [0.25, 0.3) is 7.82 Å². The van der Waals surface area contributed by atoms with Gasteiger partial charge in [-0.1, -0.05) is 327 Å². The van der Waals surface area contributed by atoms with Crippen molar-refractivity contribution in [2.75, 3.05) is 40.9 Å². The molecule has 0 heterocycles. The van der Waals surface area contributed by atoms with E-state index in [9.17, 15) is 19.4 Å². The molecule has 0 spiro atoms. The van der Waals surface area contributed by atoms with Crippen molar-refractivity contribution in [3.05, 3.63) is 24.3 Å². The molecule has 9 heteroatoms. The number of amides is 1.